The van der Waals surface area contributed by atoms with E-state index >= 15 is 0 Å². The molecular formula is C20H17NO3S. The molecule has 1 atom stereocenters. The van der Waals surface area contributed by atoms with E-state index < -0.39 is 10.8 Å². The van der Waals surface area contributed by atoms with Crippen LogP contribution in [0.15, 0.2) is 83.8 Å². The van der Waals surface area contributed by atoms with Gasteiger partial charge >= 0.3 is 0 Å². The van der Waals surface area contributed by atoms with Crippen LogP contribution in [0.25, 0.3) is 0 Å². The van der Waals surface area contributed by atoms with E-state index in [1.165, 1.54) is 0 Å². The molecule has 0 aromatic heterocycles. The number of benzene rings is 3. The van der Waals surface area contributed by atoms with Gasteiger partial charge in [0.15, 0.2) is 0 Å². The Kier molecular flexibility index (Phi) is 5.26. The number of nitrogens with one attached hydrogen (secondary N) is 1. The van der Waals surface area contributed by atoms with Crippen molar-refractivity contribution in [3.8, 4) is 11.5 Å². The van der Waals surface area contributed by atoms with Crippen molar-refractivity contribution >= 4 is 22.4 Å². The minimum atomic E-state index is -1.05. The Morgan fingerprint density at radius 1 is 0.840 bits per heavy atom. The van der Waals surface area contributed by atoms with Crippen LogP contribution in [-0.2, 0) is 10.8 Å². The smallest absolute Gasteiger partial charge is 0.255 e. The quantitative estimate of drug-likeness (QED) is 0.738. The third-order valence-electron chi connectivity index (χ3n) is 3.54. The van der Waals surface area contributed by atoms with Crippen molar-refractivity contribution in [1.82, 2.24) is 0 Å². The topological polar surface area (TPSA) is 55.4 Å². The normalized spacial score (nSPS) is 11.6. The van der Waals surface area contributed by atoms with Crippen LogP contribution in [0.3, 0.4) is 0 Å². The lowest BCUT2D eigenvalue weighted by atomic mass is 10.2. The lowest BCUT2D eigenvalue weighted by molar-refractivity contribution is 0.102. The second-order valence-electron chi connectivity index (χ2n) is 5.37. The Morgan fingerprint density at radius 3 is 2.04 bits per heavy atom. The maximum atomic E-state index is 12.3. The van der Waals surface area contributed by atoms with Crippen LogP contribution in [0.5, 0.6) is 11.5 Å². The first-order valence-electron chi connectivity index (χ1n) is 7.69. The van der Waals surface area contributed by atoms with Gasteiger partial charge in [0.1, 0.15) is 11.5 Å². The van der Waals surface area contributed by atoms with Gasteiger partial charge in [-0.15, -0.1) is 0 Å². The van der Waals surface area contributed by atoms with E-state index in [0.717, 1.165) is 5.75 Å². The highest BCUT2D eigenvalue weighted by Gasteiger charge is 2.07. The average Bonchev–Trinajstić information content (AvgIpc) is 2.64. The Labute approximate surface area is 148 Å². The van der Waals surface area contributed by atoms with Crippen LogP contribution < -0.4 is 10.1 Å². The summed E-state index contributed by atoms with van der Waals surface area (Å²) < 4.78 is 17.1. The van der Waals surface area contributed by atoms with E-state index in [9.17, 15) is 9.00 Å². The van der Waals surface area contributed by atoms with Crippen molar-refractivity contribution in [3.63, 3.8) is 0 Å². The lowest BCUT2D eigenvalue weighted by Crippen LogP contribution is -2.11. The number of carbonyl (C=O) groups is 1. The second-order valence-corrected chi connectivity index (χ2v) is 6.75. The molecule has 0 radical (unpaired) electrons. The molecule has 0 fully saturated rings. The number of para-hydroxylation sites is 1. The Hall–Kier alpha value is -2.92. The average molecular weight is 351 g/mol. The van der Waals surface area contributed by atoms with Crippen LogP contribution in [0, 0.1) is 0 Å². The summed E-state index contributed by atoms with van der Waals surface area (Å²) in [5.74, 6) is 1.23. The van der Waals surface area contributed by atoms with Crippen LogP contribution in [0.4, 0.5) is 5.69 Å². The summed E-state index contributed by atoms with van der Waals surface area (Å²) in [6.45, 7) is 0. The molecule has 25 heavy (non-hydrogen) atoms. The molecular weight excluding hydrogens is 334 g/mol. The van der Waals surface area contributed by atoms with Gasteiger partial charge in [-0.2, -0.15) is 0 Å². The third-order valence-corrected chi connectivity index (χ3v) is 4.48. The summed E-state index contributed by atoms with van der Waals surface area (Å²) >= 11 is 0. The predicted octanol–water partition coefficient (Wildman–Crippen LogP) is 4.47. The van der Waals surface area contributed by atoms with Gasteiger partial charge in [-0.05, 0) is 60.7 Å². The molecule has 0 aliphatic carbocycles. The highest BCUT2D eigenvalue weighted by atomic mass is 32.2. The van der Waals surface area contributed by atoms with Crippen LogP contribution in [0.1, 0.15) is 10.4 Å². The Morgan fingerprint density at radius 2 is 1.44 bits per heavy atom. The predicted molar refractivity (Wildman–Crippen MR) is 99.7 cm³/mol. The van der Waals surface area contributed by atoms with Crippen molar-refractivity contribution in [2.24, 2.45) is 0 Å². The molecule has 3 aromatic carbocycles. The molecule has 0 heterocycles. The minimum absolute atomic E-state index is 0.217. The fraction of sp³-hybridized carbons (Fsp3) is 0.0500. The molecule has 126 valence electrons. The molecule has 0 bridgehead atoms. The SMILES string of the molecule is CS(=O)c1ccc(C(=O)Nc2ccc(Oc3ccccc3)cc2)cc1. The van der Waals surface area contributed by atoms with Gasteiger partial charge < -0.3 is 10.1 Å². The maximum Gasteiger partial charge on any atom is 0.255 e. The molecule has 0 saturated carbocycles. The summed E-state index contributed by atoms with van der Waals surface area (Å²) in [7, 11) is -1.05. The standard InChI is InChI=1S/C20H17NO3S/c1-25(23)19-13-7-15(8-14-19)20(22)21-16-9-11-18(12-10-16)24-17-5-3-2-4-6-17/h2-14H,1H3,(H,21,22). The first-order valence-corrected chi connectivity index (χ1v) is 9.25. The summed E-state index contributed by atoms with van der Waals surface area (Å²) in [5.41, 5.74) is 1.19. The Bertz CT molecular complexity index is 875. The monoisotopic (exact) mass is 351 g/mol. The van der Waals surface area contributed by atoms with Gasteiger partial charge in [-0.3, -0.25) is 9.00 Å². The number of carbonyl (C=O) groups excluding carboxylic acids is 1. The molecule has 0 aliphatic heterocycles. The zero-order chi connectivity index (χ0) is 17.6. The van der Waals surface area contributed by atoms with E-state index in [1.807, 2.05) is 30.3 Å². The summed E-state index contributed by atoms with van der Waals surface area (Å²) in [6.07, 6.45) is 1.61. The Balaban J connectivity index is 1.64. The largest absolute Gasteiger partial charge is 0.457 e. The molecule has 0 aliphatic rings. The number of hydrogen-bond acceptors (Lipinski definition) is 3. The molecule has 4 nitrogen and oxygen atoms in total. The molecule has 1 amide bonds. The van der Waals surface area contributed by atoms with Gasteiger partial charge in [0, 0.05) is 33.2 Å². The molecule has 0 spiro atoms. The highest BCUT2D eigenvalue weighted by Crippen LogP contribution is 2.23. The number of rotatable bonds is 5. The number of ether oxygens (including phenoxy) is 1. The van der Waals surface area contributed by atoms with E-state index in [0.29, 0.717) is 21.9 Å². The number of amides is 1. The lowest BCUT2D eigenvalue weighted by Gasteiger charge is -2.08. The first-order chi connectivity index (χ1) is 12.1. The number of hydrogen-bond donors (Lipinski definition) is 1. The van der Waals surface area contributed by atoms with E-state index in [4.69, 9.17) is 4.74 Å². The van der Waals surface area contributed by atoms with Gasteiger partial charge in [0.2, 0.25) is 0 Å². The fourth-order valence-corrected chi connectivity index (χ4v) is 2.75. The van der Waals surface area contributed by atoms with Crippen LogP contribution >= 0.6 is 0 Å². The molecule has 3 aromatic rings. The summed E-state index contributed by atoms with van der Waals surface area (Å²) in [6, 6.07) is 23.4. The van der Waals surface area contributed by atoms with Crippen molar-refractivity contribution in [2.75, 3.05) is 11.6 Å². The summed E-state index contributed by atoms with van der Waals surface area (Å²) in [5, 5.41) is 2.83. The van der Waals surface area contributed by atoms with Gasteiger partial charge in [0.25, 0.3) is 5.91 Å². The molecule has 0 saturated heterocycles. The minimum Gasteiger partial charge on any atom is -0.457 e. The summed E-state index contributed by atoms with van der Waals surface area (Å²) in [4.78, 5) is 12.9. The van der Waals surface area contributed by atoms with Crippen molar-refractivity contribution in [2.45, 2.75) is 4.90 Å². The molecule has 5 heteroatoms. The van der Waals surface area contributed by atoms with Gasteiger partial charge in [-0.25, -0.2) is 0 Å². The first kappa shape index (κ1) is 16.9. The van der Waals surface area contributed by atoms with Gasteiger partial charge in [-0.1, -0.05) is 18.2 Å². The highest BCUT2D eigenvalue weighted by molar-refractivity contribution is 7.84. The van der Waals surface area contributed by atoms with E-state index in [-0.39, 0.29) is 5.91 Å². The van der Waals surface area contributed by atoms with Crippen molar-refractivity contribution in [3.05, 3.63) is 84.4 Å². The maximum absolute atomic E-state index is 12.3. The molecule has 1 N–H and O–H groups in total. The van der Waals surface area contributed by atoms with E-state index in [1.54, 1.807) is 54.8 Å². The second kappa shape index (κ2) is 7.77. The number of anilines is 1. The zero-order valence-electron chi connectivity index (χ0n) is 13.6. The van der Waals surface area contributed by atoms with Crippen LogP contribution in [0.2, 0.25) is 0 Å². The molecule has 1 unspecified atom stereocenters. The fourth-order valence-electron chi connectivity index (χ4n) is 2.23. The van der Waals surface area contributed by atoms with E-state index in [2.05, 4.69) is 5.32 Å². The molecule has 3 rings (SSSR count). The van der Waals surface area contributed by atoms with Gasteiger partial charge in [0.05, 0.1) is 0 Å². The van der Waals surface area contributed by atoms with Crippen molar-refractivity contribution < 1.29 is 13.7 Å². The zero-order valence-corrected chi connectivity index (χ0v) is 14.5. The van der Waals surface area contributed by atoms with Crippen LogP contribution in [-0.4, -0.2) is 16.4 Å². The van der Waals surface area contributed by atoms with Crippen molar-refractivity contribution in [1.29, 1.82) is 0 Å². The third kappa shape index (κ3) is 4.55.